The zero-order valence-electron chi connectivity index (χ0n) is 11.5. The third-order valence-electron chi connectivity index (χ3n) is 3.26. The Kier molecular flexibility index (Phi) is 4.16. The summed E-state index contributed by atoms with van der Waals surface area (Å²) in [6.07, 6.45) is 2.42. The standard InChI is InChI=1S/C15H20ClNO2/c1-15(2,17)5-3-13(18)9-11-8-12(16)7-10-4-6-19-14(10)11/h7-8H,3-6,9,17H2,1-2H3. The maximum absolute atomic E-state index is 12.0. The van der Waals surface area contributed by atoms with E-state index in [1.165, 1.54) is 0 Å². The molecule has 0 saturated carbocycles. The maximum Gasteiger partial charge on any atom is 0.137 e. The Morgan fingerprint density at radius 1 is 1.47 bits per heavy atom. The van der Waals surface area contributed by atoms with Crippen LogP contribution in [-0.2, 0) is 17.6 Å². The second kappa shape index (κ2) is 5.51. The number of benzene rings is 1. The van der Waals surface area contributed by atoms with Crippen molar-refractivity contribution in [3.8, 4) is 5.75 Å². The summed E-state index contributed by atoms with van der Waals surface area (Å²) in [4.78, 5) is 12.0. The average molecular weight is 282 g/mol. The highest BCUT2D eigenvalue weighted by Crippen LogP contribution is 2.33. The Morgan fingerprint density at radius 3 is 2.89 bits per heavy atom. The van der Waals surface area contributed by atoms with E-state index in [1.807, 2.05) is 26.0 Å². The lowest BCUT2D eigenvalue weighted by Crippen LogP contribution is -2.32. The summed E-state index contributed by atoms with van der Waals surface area (Å²) in [6, 6.07) is 3.75. The number of halogens is 1. The summed E-state index contributed by atoms with van der Waals surface area (Å²) in [6.45, 7) is 4.54. The van der Waals surface area contributed by atoms with E-state index in [-0.39, 0.29) is 11.3 Å². The molecular weight excluding hydrogens is 262 g/mol. The van der Waals surface area contributed by atoms with Gasteiger partial charge in [0.2, 0.25) is 0 Å². The number of hydrogen-bond donors (Lipinski definition) is 1. The molecule has 19 heavy (non-hydrogen) atoms. The van der Waals surface area contributed by atoms with Crippen molar-refractivity contribution in [1.82, 2.24) is 0 Å². The number of fused-ring (bicyclic) bond motifs is 1. The van der Waals surface area contributed by atoms with Crippen molar-refractivity contribution in [2.24, 2.45) is 5.73 Å². The van der Waals surface area contributed by atoms with Gasteiger partial charge in [-0.1, -0.05) is 11.6 Å². The Hall–Kier alpha value is -1.06. The first kappa shape index (κ1) is 14.4. The van der Waals surface area contributed by atoms with Gasteiger partial charge in [-0.05, 0) is 38.0 Å². The van der Waals surface area contributed by atoms with Crippen molar-refractivity contribution in [1.29, 1.82) is 0 Å². The molecule has 1 heterocycles. The summed E-state index contributed by atoms with van der Waals surface area (Å²) >= 11 is 6.07. The predicted molar refractivity (Wildman–Crippen MR) is 76.9 cm³/mol. The van der Waals surface area contributed by atoms with Gasteiger partial charge in [0.05, 0.1) is 6.61 Å². The van der Waals surface area contributed by atoms with Crippen LogP contribution in [-0.4, -0.2) is 17.9 Å². The molecule has 0 bridgehead atoms. The van der Waals surface area contributed by atoms with Crippen molar-refractivity contribution in [2.45, 2.75) is 45.1 Å². The minimum atomic E-state index is -0.303. The number of rotatable bonds is 5. The van der Waals surface area contributed by atoms with Gasteiger partial charge in [-0.3, -0.25) is 4.79 Å². The number of ketones is 1. The fourth-order valence-electron chi connectivity index (χ4n) is 2.24. The number of carbonyl (C=O) groups excluding carboxylic acids is 1. The van der Waals surface area contributed by atoms with E-state index in [2.05, 4.69) is 0 Å². The minimum Gasteiger partial charge on any atom is -0.493 e. The molecule has 3 nitrogen and oxygen atoms in total. The molecule has 2 N–H and O–H groups in total. The van der Waals surface area contributed by atoms with Crippen molar-refractivity contribution in [3.63, 3.8) is 0 Å². The largest absolute Gasteiger partial charge is 0.493 e. The van der Waals surface area contributed by atoms with Gasteiger partial charge >= 0.3 is 0 Å². The molecule has 0 spiro atoms. The lowest BCUT2D eigenvalue weighted by Gasteiger charge is -2.17. The second-order valence-corrected chi connectivity index (χ2v) is 6.29. The number of hydrogen-bond acceptors (Lipinski definition) is 3. The van der Waals surface area contributed by atoms with E-state index < -0.39 is 0 Å². The molecule has 0 fully saturated rings. The van der Waals surface area contributed by atoms with Gasteiger partial charge in [-0.2, -0.15) is 0 Å². The molecule has 0 unspecified atom stereocenters. The third kappa shape index (κ3) is 3.95. The monoisotopic (exact) mass is 281 g/mol. The van der Waals surface area contributed by atoms with Crippen LogP contribution >= 0.6 is 11.6 Å². The van der Waals surface area contributed by atoms with Crippen molar-refractivity contribution >= 4 is 17.4 Å². The molecular formula is C15H20ClNO2. The Labute approximate surface area is 119 Å². The average Bonchev–Trinajstić information content (AvgIpc) is 2.73. The van der Waals surface area contributed by atoms with Crippen LogP contribution in [0.15, 0.2) is 12.1 Å². The van der Waals surface area contributed by atoms with Crippen LogP contribution in [0.1, 0.15) is 37.8 Å². The smallest absolute Gasteiger partial charge is 0.137 e. The van der Waals surface area contributed by atoms with E-state index in [4.69, 9.17) is 22.1 Å². The lowest BCUT2D eigenvalue weighted by molar-refractivity contribution is -0.118. The van der Waals surface area contributed by atoms with Crippen LogP contribution in [0.3, 0.4) is 0 Å². The van der Waals surface area contributed by atoms with Crippen LogP contribution < -0.4 is 10.5 Å². The third-order valence-corrected chi connectivity index (χ3v) is 3.48. The number of nitrogens with two attached hydrogens (primary N) is 1. The maximum atomic E-state index is 12.0. The normalized spacial score (nSPS) is 14.1. The number of Topliss-reactive ketones (excluding diaryl/α,β-unsaturated/α-hetero) is 1. The SMILES string of the molecule is CC(C)(N)CCC(=O)Cc1cc(Cl)cc2c1OCC2. The highest BCUT2D eigenvalue weighted by molar-refractivity contribution is 6.30. The molecule has 104 valence electrons. The lowest BCUT2D eigenvalue weighted by atomic mass is 9.95. The molecule has 0 radical (unpaired) electrons. The summed E-state index contributed by atoms with van der Waals surface area (Å²) in [7, 11) is 0. The van der Waals surface area contributed by atoms with Crippen molar-refractivity contribution in [3.05, 3.63) is 28.3 Å². The van der Waals surface area contributed by atoms with Gasteiger partial charge in [0.25, 0.3) is 0 Å². The summed E-state index contributed by atoms with van der Waals surface area (Å²) in [5.74, 6) is 1.03. The van der Waals surface area contributed by atoms with Gasteiger partial charge < -0.3 is 10.5 Å². The summed E-state index contributed by atoms with van der Waals surface area (Å²) in [5, 5.41) is 0.672. The first-order valence-electron chi connectivity index (χ1n) is 6.60. The fourth-order valence-corrected chi connectivity index (χ4v) is 2.50. The van der Waals surface area contributed by atoms with Gasteiger partial charge in [-0.15, -0.1) is 0 Å². The van der Waals surface area contributed by atoms with Gasteiger partial charge in [-0.25, -0.2) is 0 Å². The van der Waals surface area contributed by atoms with E-state index in [0.29, 0.717) is 30.9 Å². The molecule has 1 aliphatic heterocycles. The van der Waals surface area contributed by atoms with Crippen LogP contribution in [0.4, 0.5) is 0 Å². The fraction of sp³-hybridized carbons (Fsp3) is 0.533. The Morgan fingerprint density at radius 2 is 2.21 bits per heavy atom. The van der Waals surface area contributed by atoms with Crippen molar-refractivity contribution < 1.29 is 9.53 Å². The summed E-state index contributed by atoms with van der Waals surface area (Å²) < 4.78 is 5.60. The molecule has 0 aromatic heterocycles. The summed E-state index contributed by atoms with van der Waals surface area (Å²) in [5.41, 5.74) is 7.60. The first-order chi connectivity index (χ1) is 8.85. The first-order valence-corrected chi connectivity index (χ1v) is 6.98. The highest BCUT2D eigenvalue weighted by Gasteiger charge is 2.20. The van der Waals surface area contributed by atoms with E-state index in [0.717, 1.165) is 23.3 Å². The molecule has 1 aromatic carbocycles. The van der Waals surface area contributed by atoms with Crippen LogP contribution in [0, 0.1) is 0 Å². The Bertz CT molecular complexity index is 492. The topological polar surface area (TPSA) is 52.3 Å². The van der Waals surface area contributed by atoms with E-state index in [1.54, 1.807) is 0 Å². The quantitative estimate of drug-likeness (QED) is 0.903. The molecule has 2 rings (SSSR count). The molecule has 1 aromatic rings. The molecule has 1 aliphatic rings. The van der Waals surface area contributed by atoms with Crippen LogP contribution in [0.25, 0.3) is 0 Å². The van der Waals surface area contributed by atoms with E-state index in [9.17, 15) is 4.79 Å². The number of ether oxygens (including phenoxy) is 1. The molecule has 0 aliphatic carbocycles. The molecule has 4 heteroatoms. The zero-order valence-corrected chi connectivity index (χ0v) is 12.2. The second-order valence-electron chi connectivity index (χ2n) is 5.86. The van der Waals surface area contributed by atoms with Gasteiger partial charge in [0.1, 0.15) is 11.5 Å². The van der Waals surface area contributed by atoms with Gasteiger partial charge in [0, 0.05) is 35.4 Å². The molecule has 0 atom stereocenters. The van der Waals surface area contributed by atoms with E-state index >= 15 is 0 Å². The predicted octanol–water partition coefficient (Wildman–Crippen LogP) is 2.90. The van der Waals surface area contributed by atoms with Crippen molar-refractivity contribution in [2.75, 3.05) is 6.61 Å². The Balaban J connectivity index is 2.05. The van der Waals surface area contributed by atoms with Crippen LogP contribution in [0.5, 0.6) is 5.75 Å². The van der Waals surface area contributed by atoms with Crippen LogP contribution in [0.2, 0.25) is 5.02 Å². The number of carbonyl (C=O) groups is 1. The zero-order chi connectivity index (χ0) is 14.0. The highest BCUT2D eigenvalue weighted by atomic mass is 35.5. The minimum absolute atomic E-state index is 0.179. The van der Waals surface area contributed by atoms with Gasteiger partial charge in [0.15, 0.2) is 0 Å². The molecule has 0 saturated heterocycles. The molecule has 0 amide bonds.